The number of hydrogen-bond acceptors (Lipinski definition) is 4. The van der Waals surface area contributed by atoms with Crippen molar-refractivity contribution >= 4 is 11.9 Å². The van der Waals surface area contributed by atoms with E-state index in [-0.39, 0.29) is 26.8 Å². The molecule has 6 aliphatic rings. The Morgan fingerprint density at radius 3 is 1.82 bits per heavy atom. The summed E-state index contributed by atoms with van der Waals surface area (Å²) in [5.41, 5.74) is 1.84. The lowest BCUT2D eigenvalue weighted by molar-refractivity contribution is -0.140. The molecule has 4 bridgehead atoms. The second-order valence-electron chi connectivity index (χ2n) is 7.53. The summed E-state index contributed by atoms with van der Waals surface area (Å²) in [5, 5.41) is 0. The van der Waals surface area contributed by atoms with Crippen LogP contribution in [-0.4, -0.2) is 25.2 Å². The molecule has 28 heavy (non-hydrogen) atoms. The van der Waals surface area contributed by atoms with E-state index in [1.54, 1.807) is 0 Å². The SMILES string of the molecule is C.C.CCOC(=O)C1=CC2C=CC1CC2.CCOC(=O)C1=CC2CCC1CC2. The molecule has 4 nitrogen and oxygen atoms in total. The predicted molar refractivity (Wildman–Crippen MR) is 114 cm³/mol. The largest absolute Gasteiger partial charge is 0.463 e. The molecule has 6 aliphatic carbocycles. The quantitative estimate of drug-likeness (QED) is 0.460. The van der Waals surface area contributed by atoms with Crippen molar-refractivity contribution in [3.05, 3.63) is 35.5 Å². The number of hydrogen-bond donors (Lipinski definition) is 0. The third kappa shape index (κ3) is 5.59. The van der Waals surface area contributed by atoms with Crippen LogP contribution in [0.4, 0.5) is 0 Å². The molecule has 0 aliphatic heterocycles. The number of carbonyl (C=O) groups excluding carboxylic acids is 2. The van der Waals surface area contributed by atoms with Crippen LogP contribution >= 0.6 is 0 Å². The van der Waals surface area contributed by atoms with Crippen LogP contribution in [0.25, 0.3) is 0 Å². The minimum Gasteiger partial charge on any atom is -0.463 e. The fourth-order valence-electron chi connectivity index (χ4n) is 4.46. The summed E-state index contributed by atoms with van der Waals surface area (Å²) in [6.45, 7) is 4.67. The van der Waals surface area contributed by atoms with Crippen molar-refractivity contribution in [3.63, 3.8) is 0 Å². The minimum absolute atomic E-state index is 0. The van der Waals surface area contributed by atoms with Gasteiger partial charge in [0.15, 0.2) is 0 Å². The van der Waals surface area contributed by atoms with Crippen molar-refractivity contribution in [1.82, 2.24) is 0 Å². The number of rotatable bonds is 4. The van der Waals surface area contributed by atoms with E-state index in [1.807, 2.05) is 13.8 Å². The molecular weight excluding hydrogens is 352 g/mol. The van der Waals surface area contributed by atoms with Crippen LogP contribution in [0.3, 0.4) is 0 Å². The van der Waals surface area contributed by atoms with Gasteiger partial charge in [0.2, 0.25) is 0 Å². The Morgan fingerprint density at radius 1 is 0.821 bits per heavy atom. The number of allylic oxidation sites excluding steroid dienone is 4. The molecule has 6 rings (SSSR count). The molecule has 1 saturated carbocycles. The Balaban J connectivity index is 0.000000261. The molecular formula is C24H38O4. The van der Waals surface area contributed by atoms with E-state index in [0.717, 1.165) is 17.6 Å². The first-order chi connectivity index (χ1) is 12.6. The van der Waals surface area contributed by atoms with Gasteiger partial charge in [-0.05, 0) is 70.1 Å². The van der Waals surface area contributed by atoms with E-state index in [2.05, 4.69) is 24.3 Å². The third-order valence-electron chi connectivity index (χ3n) is 5.84. The number of fused-ring (bicyclic) bond motifs is 3. The van der Waals surface area contributed by atoms with Crippen molar-refractivity contribution < 1.29 is 19.1 Å². The molecule has 0 aromatic rings. The first-order valence-electron chi connectivity index (χ1n) is 10.1. The molecule has 1 fully saturated rings. The highest BCUT2D eigenvalue weighted by Gasteiger charge is 2.32. The molecule has 0 N–H and O–H groups in total. The molecule has 0 aromatic heterocycles. The Hall–Kier alpha value is -1.84. The van der Waals surface area contributed by atoms with Crippen LogP contribution in [0.2, 0.25) is 0 Å². The molecule has 158 valence electrons. The van der Waals surface area contributed by atoms with Gasteiger partial charge in [-0.15, -0.1) is 0 Å². The van der Waals surface area contributed by atoms with E-state index in [9.17, 15) is 9.59 Å². The first-order valence-corrected chi connectivity index (χ1v) is 10.1. The van der Waals surface area contributed by atoms with Gasteiger partial charge < -0.3 is 9.47 Å². The van der Waals surface area contributed by atoms with Gasteiger partial charge in [0.05, 0.1) is 13.2 Å². The van der Waals surface area contributed by atoms with E-state index >= 15 is 0 Å². The van der Waals surface area contributed by atoms with E-state index in [4.69, 9.17) is 9.47 Å². The summed E-state index contributed by atoms with van der Waals surface area (Å²) < 4.78 is 10.0. The average molecular weight is 391 g/mol. The van der Waals surface area contributed by atoms with Crippen LogP contribution in [-0.2, 0) is 19.1 Å². The summed E-state index contributed by atoms with van der Waals surface area (Å²) in [6, 6.07) is 0. The van der Waals surface area contributed by atoms with Crippen LogP contribution in [0, 0.1) is 23.7 Å². The van der Waals surface area contributed by atoms with Gasteiger partial charge in [0.25, 0.3) is 0 Å². The lowest BCUT2D eigenvalue weighted by atomic mass is 9.71. The zero-order valence-electron chi connectivity index (χ0n) is 15.9. The van der Waals surface area contributed by atoms with Crippen molar-refractivity contribution in [2.24, 2.45) is 23.7 Å². The topological polar surface area (TPSA) is 52.6 Å². The zero-order valence-corrected chi connectivity index (χ0v) is 15.9. The maximum atomic E-state index is 11.5. The van der Waals surface area contributed by atoms with Gasteiger partial charge in [0, 0.05) is 17.1 Å². The lowest BCUT2D eigenvalue weighted by Gasteiger charge is -2.34. The maximum Gasteiger partial charge on any atom is 0.334 e. The second kappa shape index (κ2) is 11.2. The molecule has 0 radical (unpaired) electrons. The van der Waals surface area contributed by atoms with Crippen molar-refractivity contribution in [1.29, 1.82) is 0 Å². The highest BCUT2D eigenvalue weighted by atomic mass is 16.5. The lowest BCUT2D eigenvalue weighted by Crippen LogP contribution is -2.27. The fourth-order valence-corrected chi connectivity index (χ4v) is 4.46. The number of esters is 2. The molecule has 4 heteroatoms. The van der Waals surface area contributed by atoms with Crippen molar-refractivity contribution in [2.45, 2.75) is 67.2 Å². The Bertz CT molecular complexity index is 599. The minimum atomic E-state index is -0.124. The summed E-state index contributed by atoms with van der Waals surface area (Å²) in [7, 11) is 0. The van der Waals surface area contributed by atoms with Crippen molar-refractivity contribution in [2.75, 3.05) is 13.2 Å². The monoisotopic (exact) mass is 390 g/mol. The van der Waals surface area contributed by atoms with Crippen molar-refractivity contribution in [3.8, 4) is 0 Å². The van der Waals surface area contributed by atoms with Gasteiger partial charge >= 0.3 is 11.9 Å². The van der Waals surface area contributed by atoms with Crippen LogP contribution in [0.5, 0.6) is 0 Å². The van der Waals surface area contributed by atoms with E-state index in [1.165, 1.54) is 32.1 Å². The van der Waals surface area contributed by atoms with Gasteiger partial charge in [-0.2, -0.15) is 0 Å². The van der Waals surface area contributed by atoms with Crippen LogP contribution in [0.15, 0.2) is 35.5 Å². The van der Waals surface area contributed by atoms with Gasteiger partial charge in [-0.25, -0.2) is 9.59 Å². The molecule has 0 aromatic carbocycles. The van der Waals surface area contributed by atoms with E-state index < -0.39 is 0 Å². The number of carbonyl (C=O) groups is 2. The summed E-state index contributed by atoms with van der Waals surface area (Å²) in [5.74, 6) is 1.76. The standard InChI is InChI=1S/C11H16O2.C11H14O2.2CH4/c2*1-2-13-11(12)10-7-8-3-5-9(10)6-4-8;;/h7-9H,2-6H2,1H3;3,5,7-9H,2,4,6H2,1H3;2*1H4. The summed E-state index contributed by atoms with van der Waals surface area (Å²) in [6.07, 6.45) is 15.8. The van der Waals surface area contributed by atoms with E-state index in [0.29, 0.717) is 36.9 Å². The highest BCUT2D eigenvalue weighted by molar-refractivity contribution is 5.90. The van der Waals surface area contributed by atoms with Crippen LogP contribution < -0.4 is 0 Å². The summed E-state index contributed by atoms with van der Waals surface area (Å²) in [4.78, 5) is 23.0. The highest BCUT2D eigenvalue weighted by Crippen LogP contribution is 2.40. The molecule has 0 amide bonds. The Kier molecular flexibility index (Phi) is 9.71. The van der Waals surface area contributed by atoms with Gasteiger partial charge in [0.1, 0.15) is 0 Å². The fraction of sp³-hybridized carbons (Fsp3) is 0.667. The average Bonchev–Trinajstić information content (AvgIpc) is 2.70. The summed E-state index contributed by atoms with van der Waals surface area (Å²) >= 11 is 0. The third-order valence-corrected chi connectivity index (χ3v) is 5.84. The van der Waals surface area contributed by atoms with Gasteiger partial charge in [-0.3, -0.25) is 0 Å². The van der Waals surface area contributed by atoms with Crippen LogP contribution in [0.1, 0.15) is 67.2 Å². The molecule has 2 unspecified atom stereocenters. The maximum absolute atomic E-state index is 11.5. The molecule has 0 saturated heterocycles. The zero-order chi connectivity index (χ0) is 18.5. The molecule has 2 atom stereocenters. The second-order valence-corrected chi connectivity index (χ2v) is 7.53. The Morgan fingerprint density at radius 2 is 1.43 bits per heavy atom. The Labute approximate surface area is 171 Å². The first kappa shape index (κ1) is 24.2. The molecule has 0 spiro atoms. The van der Waals surface area contributed by atoms with Gasteiger partial charge in [-0.1, -0.05) is 39.2 Å². The number of ether oxygens (including phenoxy) is 2. The molecule has 0 heterocycles. The predicted octanol–water partition coefficient (Wildman–Crippen LogP) is 5.64. The normalized spacial score (nSPS) is 28.5. The smallest absolute Gasteiger partial charge is 0.334 e.